The molecule has 10 heteroatoms. The van der Waals surface area contributed by atoms with E-state index in [0.29, 0.717) is 0 Å². The molecule has 1 atom stereocenters. The maximum Gasteiger partial charge on any atom is 0.213 e. The molecule has 0 amide bonds. The number of halogens is 1. The molecule has 0 aromatic heterocycles. The normalized spacial score (nSPS) is 18.6. The Morgan fingerprint density at radius 1 is 1.09 bits per heavy atom. The first-order chi connectivity index (χ1) is 9.79. The fourth-order valence-corrected chi connectivity index (χ4v) is 4.58. The maximum atomic E-state index is 12.0. The van der Waals surface area contributed by atoms with E-state index in [1.807, 2.05) is 0 Å². The minimum Gasteiger partial charge on any atom is -0.329 e. The van der Waals surface area contributed by atoms with E-state index >= 15 is 0 Å². The van der Waals surface area contributed by atoms with Gasteiger partial charge in [-0.15, -0.1) is 12.4 Å². The molecule has 0 spiro atoms. The topological polar surface area (TPSA) is 118 Å². The van der Waals surface area contributed by atoms with Crippen LogP contribution in [0, 0.1) is 5.92 Å². The first-order valence-corrected chi connectivity index (χ1v) is 10.8. The highest BCUT2D eigenvalue weighted by Crippen LogP contribution is 2.26. The summed E-state index contributed by atoms with van der Waals surface area (Å²) in [4.78, 5) is 0. The summed E-state index contributed by atoms with van der Waals surface area (Å²) in [7, 11) is -6.89. The Balaban J connectivity index is 0.00000441. The summed E-state index contributed by atoms with van der Waals surface area (Å²) < 4.78 is 51.4. The van der Waals surface area contributed by atoms with Gasteiger partial charge in [-0.1, -0.05) is 19.3 Å². The summed E-state index contributed by atoms with van der Waals surface area (Å²) in [5.41, 5.74) is 5.69. The van der Waals surface area contributed by atoms with Gasteiger partial charge in [0, 0.05) is 19.1 Å². The lowest BCUT2D eigenvalue weighted by Gasteiger charge is -2.29. The molecule has 1 saturated carbocycles. The van der Waals surface area contributed by atoms with Crippen LogP contribution in [0.4, 0.5) is 0 Å². The molecule has 0 saturated heterocycles. The second-order valence-corrected chi connectivity index (χ2v) is 9.44. The lowest BCUT2D eigenvalue weighted by atomic mass is 9.84. The Hall–Kier alpha value is 0.0700. The second kappa shape index (κ2) is 10.0. The summed E-state index contributed by atoms with van der Waals surface area (Å²) in [5, 5.41) is 0. The van der Waals surface area contributed by atoms with E-state index in [0.717, 1.165) is 25.7 Å². The van der Waals surface area contributed by atoms with Crippen molar-refractivity contribution in [1.29, 1.82) is 0 Å². The zero-order valence-electron chi connectivity index (χ0n) is 13.0. The van der Waals surface area contributed by atoms with Crippen LogP contribution in [0.25, 0.3) is 0 Å². The molecule has 134 valence electrons. The molecule has 0 heterocycles. The predicted octanol–water partition coefficient (Wildman–Crippen LogP) is 0.175. The number of sulfonamides is 2. The fraction of sp³-hybridized carbons (Fsp3) is 1.00. The van der Waals surface area contributed by atoms with E-state index in [1.165, 1.54) is 13.3 Å². The van der Waals surface area contributed by atoms with Crippen molar-refractivity contribution in [3.63, 3.8) is 0 Å². The molecular weight excluding hydrogens is 350 g/mol. The van der Waals surface area contributed by atoms with E-state index in [1.54, 1.807) is 0 Å². The third kappa shape index (κ3) is 8.07. The van der Waals surface area contributed by atoms with Gasteiger partial charge in [-0.25, -0.2) is 26.3 Å². The summed E-state index contributed by atoms with van der Waals surface area (Å²) >= 11 is 0. The van der Waals surface area contributed by atoms with Crippen molar-refractivity contribution in [2.45, 2.75) is 45.1 Å². The number of hydrogen-bond donors (Lipinski definition) is 3. The van der Waals surface area contributed by atoms with Gasteiger partial charge in [-0.05, 0) is 25.7 Å². The smallest absolute Gasteiger partial charge is 0.213 e. The molecule has 1 aliphatic rings. The lowest BCUT2D eigenvalue weighted by molar-refractivity contribution is 0.294. The maximum absolute atomic E-state index is 12.0. The van der Waals surface area contributed by atoms with Crippen LogP contribution in [0.15, 0.2) is 0 Å². The van der Waals surface area contributed by atoms with Crippen LogP contribution in [0.5, 0.6) is 0 Å². The van der Waals surface area contributed by atoms with E-state index in [4.69, 9.17) is 5.73 Å². The van der Waals surface area contributed by atoms with Gasteiger partial charge in [0.05, 0.1) is 11.5 Å². The molecule has 22 heavy (non-hydrogen) atoms. The van der Waals surface area contributed by atoms with Crippen LogP contribution in [0.2, 0.25) is 0 Å². The van der Waals surface area contributed by atoms with Gasteiger partial charge >= 0.3 is 0 Å². The second-order valence-electron chi connectivity index (χ2n) is 5.47. The molecule has 1 unspecified atom stereocenters. The van der Waals surface area contributed by atoms with E-state index in [2.05, 4.69) is 9.44 Å². The fourth-order valence-electron chi connectivity index (χ4n) is 2.60. The zero-order chi connectivity index (χ0) is 15.9. The van der Waals surface area contributed by atoms with Crippen LogP contribution in [-0.4, -0.2) is 47.5 Å². The van der Waals surface area contributed by atoms with Crippen molar-refractivity contribution in [3.8, 4) is 0 Å². The Kier molecular flexibility index (Phi) is 10.1. The van der Waals surface area contributed by atoms with Gasteiger partial charge in [0.2, 0.25) is 20.0 Å². The third-order valence-electron chi connectivity index (χ3n) is 3.88. The molecule has 1 rings (SSSR count). The zero-order valence-corrected chi connectivity index (χ0v) is 15.4. The van der Waals surface area contributed by atoms with Gasteiger partial charge < -0.3 is 5.73 Å². The quantitative estimate of drug-likeness (QED) is 0.529. The highest BCUT2D eigenvalue weighted by molar-refractivity contribution is 7.90. The lowest BCUT2D eigenvalue weighted by Crippen LogP contribution is -2.47. The molecule has 0 aromatic rings. The number of nitrogens with two attached hydrogens (primary N) is 1. The van der Waals surface area contributed by atoms with Crippen LogP contribution < -0.4 is 15.2 Å². The number of rotatable bonds is 9. The molecule has 7 nitrogen and oxygen atoms in total. The Morgan fingerprint density at radius 2 is 1.68 bits per heavy atom. The molecule has 4 N–H and O–H groups in total. The Bertz CT molecular complexity index is 504. The van der Waals surface area contributed by atoms with Gasteiger partial charge in [0.1, 0.15) is 0 Å². The molecule has 0 bridgehead atoms. The molecule has 0 aromatic carbocycles. The van der Waals surface area contributed by atoms with Gasteiger partial charge in [0.15, 0.2) is 0 Å². The van der Waals surface area contributed by atoms with Crippen molar-refractivity contribution in [3.05, 3.63) is 0 Å². The SMILES string of the molecule is CCS(=O)(=O)NCCS(=O)(=O)NC(CN)C1CCCCC1.Cl. The molecule has 0 radical (unpaired) electrons. The molecule has 0 aliphatic heterocycles. The summed E-state index contributed by atoms with van der Waals surface area (Å²) in [5.74, 6) is -0.0467. The van der Waals surface area contributed by atoms with E-state index < -0.39 is 20.0 Å². The average molecular weight is 378 g/mol. The standard InChI is InChI=1S/C12H27N3O4S2.ClH/c1-2-20(16,17)14-8-9-21(18,19)15-12(10-13)11-6-4-3-5-7-11;/h11-12,14-15H,2-10,13H2,1H3;1H. The summed E-state index contributed by atoms with van der Waals surface area (Å²) in [6.07, 6.45) is 5.40. The molecule has 1 aliphatic carbocycles. The number of hydrogen-bond acceptors (Lipinski definition) is 5. The molecule has 1 fully saturated rings. The van der Waals surface area contributed by atoms with Crippen molar-refractivity contribution in [2.75, 3.05) is 24.6 Å². The largest absolute Gasteiger partial charge is 0.329 e. The average Bonchev–Trinajstić information content (AvgIpc) is 2.45. The van der Waals surface area contributed by atoms with Crippen LogP contribution in [0.1, 0.15) is 39.0 Å². The van der Waals surface area contributed by atoms with Gasteiger partial charge in [-0.2, -0.15) is 0 Å². The number of nitrogens with one attached hydrogen (secondary N) is 2. The minimum absolute atomic E-state index is 0. The van der Waals surface area contributed by atoms with Gasteiger partial charge in [-0.3, -0.25) is 0 Å². The first kappa shape index (κ1) is 22.1. The van der Waals surface area contributed by atoms with E-state index in [-0.39, 0.29) is 49.0 Å². The monoisotopic (exact) mass is 377 g/mol. The first-order valence-electron chi connectivity index (χ1n) is 7.47. The van der Waals surface area contributed by atoms with Crippen LogP contribution in [0.3, 0.4) is 0 Å². The van der Waals surface area contributed by atoms with Crippen LogP contribution >= 0.6 is 12.4 Å². The van der Waals surface area contributed by atoms with E-state index in [9.17, 15) is 16.8 Å². The van der Waals surface area contributed by atoms with Crippen molar-refractivity contribution >= 4 is 32.5 Å². The Labute approximate surface area is 140 Å². The van der Waals surface area contributed by atoms with Crippen molar-refractivity contribution < 1.29 is 16.8 Å². The van der Waals surface area contributed by atoms with Gasteiger partial charge in [0.25, 0.3) is 0 Å². The van der Waals surface area contributed by atoms with Crippen molar-refractivity contribution in [1.82, 2.24) is 9.44 Å². The summed E-state index contributed by atoms with van der Waals surface area (Å²) in [6, 6.07) is -0.252. The van der Waals surface area contributed by atoms with Crippen molar-refractivity contribution in [2.24, 2.45) is 11.7 Å². The van der Waals surface area contributed by atoms with Crippen LogP contribution in [-0.2, 0) is 20.0 Å². The minimum atomic E-state index is -3.53. The highest BCUT2D eigenvalue weighted by atomic mass is 35.5. The highest BCUT2D eigenvalue weighted by Gasteiger charge is 2.26. The molecular formula is C12H28ClN3O4S2. The Morgan fingerprint density at radius 3 is 2.18 bits per heavy atom. The predicted molar refractivity (Wildman–Crippen MR) is 91.1 cm³/mol. The third-order valence-corrected chi connectivity index (χ3v) is 6.68. The summed E-state index contributed by atoms with van der Waals surface area (Å²) in [6.45, 7) is 1.65.